The fraction of sp³-hybridized carbons (Fsp3) is 1.00. The van der Waals surface area contributed by atoms with E-state index >= 15 is 0 Å². The van der Waals surface area contributed by atoms with E-state index in [0.29, 0.717) is 0 Å². The molecule has 0 aromatic carbocycles. The summed E-state index contributed by atoms with van der Waals surface area (Å²) in [6.07, 6.45) is -2.20. The lowest BCUT2D eigenvalue weighted by Crippen LogP contribution is -2.43. The average Bonchev–Trinajstić information content (AvgIpc) is 1.94. The van der Waals surface area contributed by atoms with Gasteiger partial charge in [0.2, 0.25) is 0 Å². The van der Waals surface area contributed by atoms with Crippen molar-refractivity contribution in [1.29, 1.82) is 0 Å². The van der Waals surface area contributed by atoms with Gasteiger partial charge in [0, 0.05) is 0 Å². The van der Waals surface area contributed by atoms with Crippen LogP contribution in [-0.2, 0) is 18.8 Å². The first-order valence-electron chi connectivity index (χ1n) is 2.92. The van der Waals surface area contributed by atoms with Gasteiger partial charge in [-0.05, 0) is 0 Å². The minimum absolute atomic E-state index is 0.367. The van der Waals surface area contributed by atoms with Gasteiger partial charge in [-0.2, -0.15) is 8.42 Å². The molecule has 0 amide bonds. The summed E-state index contributed by atoms with van der Waals surface area (Å²) < 4.78 is 29.3. The van der Waals surface area contributed by atoms with E-state index in [-0.39, 0.29) is 6.61 Å². The molecule has 2 atom stereocenters. The fourth-order valence-corrected chi connectivity index (χ4v) is 1.51. The SMILES string of the molecule is O=S1(=O)OC[C@@H](O)C(CO)O1. The van der Waals surface area contributed by atoms with E-state index in [1.165, 1.54) is 0 Å². The number of hydrogen-bond acceptors (Lipinski definition) is 6. The van der Waals surface area contributed by atoms with E-state index in [1.54, 1.807) is 0 Å². The molecule has 11 heavy (non-hydrogen) atoms. The summed E-state index contributed by atoms with van der Waals surface area (Å²) in [5.74, 6) is 0. The Morgan fingerprint density at radius 1 is 1.55 bits per heavy atom. The molecule has 66 valence electrons. The van der Waals surface area contributed by atoms with E-state index in [2.05, 4.69) is 8.37 Å². The summed E-state index contributed by atoms with van der Waals surface area (Å²) in [6, 6.07) is 0. The summed E-state index contributed by atoms with van der Waals surface area (Å²) >= 11 is 0. The zero-order valence-corrected chi connectivity index (χ0v) is 6.32. The van der Waals surface area contributed by atoms with Crippen molar-refractivity contribution in [2.24, 2.45) is 0 Å². The predicted octanol–water partition coefficient (Wildman–Crippen LogP) is -2.00. The molecule has 1 fully saturated rings. The number of hydrogen-bond donors (Lipinski definition) is 2. The summed E-state index contributed by atoms with van der Waals surface area (Å²) in [5.41, 5.74) is 0. The Bertz CT molecular complexity index is 221. The van der Waals surface area contributed by atoms with Crippen molar-refractivity contribution >= 4 is 10.4 Å². The van der Waals surface area contributed by atoms with Gasteiger partial charge >= 0.3 is 10.4 Å². The Morgan fingerprint density at radius 3 is 2.64 bits per heavy atom. The Labute approximate surface area is 63.7 Å². The van der Waals surface area contributed by atoms with Gasteiger partial charge < -0.3 is 10.2 Å². The van der Waals surface area contributed by atoms with Crippen LogP contribution >= 0.6 is 0 Å². The second kappa shape index (κ2) is 3.03. The normalized spacial score (nSPS) is 36.9. The molecule has 0 aromatic rings. The zero-order chi connectivity index (χ0) is 8.48. The maximum absolute atomic E-state index is 10.5. The van der Waals surface area contributed by atoms with Crippen molar-refractivity contribution < 1.29 is 27.0 Å². The molecule has 0 saturated carbocycles. The molecule has 6 nitrogen and oxygen atoms in total. The molecule has 1 aliphatic heterocycles. The lowest BCUT2D eigenvalue weighted by atomic mass is 10.2. The lowest BCUT2D eigenvalue weighted by molar-refractivity contribution is -0.0536. The molecular weight excluding hydrogens is 176 g/mol. The van der Waals surface area contributed by atoms with Crippen LogP contribution in [0, 0.1) is 0 Å². The third-order valence-corrected chi connectivity index (χ3v) is 2.14. The maximum atomic E-state index is 10.5. The summed E-state index contributed by atoms with van der Waals surface area (Å²) in [4.78, 5) is 0. The van der Waals surface area contributed by atoms with Crippen molar-refractivity contribution in [3.8, 4) is 0 Å². The predicted molar refractivity (Wildman–Crippen MR) is 32.8 cm³/mol. The molecule has 1 saturated heterocycles. The fourth-order valence-electron chi connectivity index (χ4n) is 0.656. The van der Waals surface area contributed by atoms with Crippen LogP contribution in [0.25, 0.3) is 0 Å². The molecule has 1 unspecified atom stereocenters. The Kier molecular flexibility index (Phi) is 2.45. The largest absolute Gasteiger partial charge is 0.400 e. The van der Waals surface area contributed by atoms with E-state index in [0.717, 1.165) is 0 Å². The van der Waals surface area contributed by atoms with Gasteiger partial charge in [-0.25, -0.2) is 8.37 Å². The molecule has 0 radical (unpaired) electrons. The van der Waals surface area contributed by atoms with E-state index in [1.807, 2.05) is 0 Å². The number of aliphatic hydroxyl groups is 2. The first kappa shape index (κ1) is 8.88. The first-order chi connectivity index (χ1) is 5.05. The second-order valence-corrected chi connectivity index (χ2v) is 3.32. The third kappa shape index (κ3) is 2.11. The topological polar surface area (TPSA) is 93.1 Å². The van der Waals surface area contributed by atoms with Crippen molar-refractivity contribution in [1.82, 2.24) is 0 Å². The van der Waals surface area contributed by atoms with Gasteiger partial charge in [-0.1, -0.05) is 0 Å². The molecular formula is C4H8O6S. The molecule has 7 heteroatoms. The van der Waals surface area contributed by atoms with E-state index in [4.69, 9.17) is 10.2 Å². The van der Waals surface area contributed by atoms with Gasteiger partial charge in [0.1, 0.15) is 12.2 Å². The van der Waals surface area contributed by atoms with Crippen molar-refractivity contribution in [3.63, 3.8) is 0 Å². The van der Waals surface area contributed by atoms with Gasteiger partial charge in [0.05, 0.1) is 13.2 Å². The smallest absolute Gasteiger partial charge is 0.394 e. The summed E-state index contributed by atoms with van der Waals surface area (Å²) in [5, 5.41) is 17.4. The first-order valence-corrected chi connectivity index (χ1v) is 4.25. The minimum atomic E-state index is -4.00. The zero-order valence-electron chi connectivity index (χ0n) is 5.50. The van der Waals surface area contributed by atoms with Crippen molar-refractivity contribution in [2.75, 3.05) is 13.2 Å². The molecule has 0 aliphatic carbocycles. The average molecular weight is 184 g/mol. The highest BCUT2D eigenvalue weighted by atomic mass is 32.3. The van der Waals surface area contributed by atoms with Crippen LogP contribution < -0.4 is 0 Å². The Hall–Kier alpha value is -0.210. The van der Waals surface area contributed by atoms with Gasteiger partial charge in [0.25, 0.3) is 0 Å². The van der Waals surface area contributed by atoms with E-state index in [9.17, 15) is 8.42 Å². The highest BCUT2D eigenvalue weighted by molar-refractivity contribution is 7.81. The highest BCUT2D eigenvalue weighted by Crippen LogP contribution is 2.13. The molecule has 1 rings (SSSR count). The molecule has 0 aromatic heterocycles. The molecule has 0 spiro atoms. The molecule has 1 aliphatic rings. The number of aliphatic hydroxyl groups excluding tert-OH is 2. The lowest BCUT2D eigenvalue weighted by Gasteiger charge is -2.24. The van der Waals surface area contributed by atoms with Crippen LogP contribution in [-0.4, -0.2) is 44.1 Å². The maximum Gasteiger partial charge on any atom is 0.400 e. The standard InChI is InChI=1S/C4H8O6S/c5-1-4-3(6)2-9-11(7,8)10-4/h3-6H,1-2H2/t3-,4?/m1/s1. The van der Waals surface area contributed by atoms with Gasteiger partial charge in [-0.3, -0.25) is 0 Å². The minimum Gasteiger partial charge on any atom is -0.394 e. The van der Waals surface area contributed by atoms with Crippen LogP contribution in [0.1, 0.15) is 0 Å². The van der Waals surface area contributed by atoms with Crippen LogP contribution in [0.5, 0.6) is 0 Å². The number of rotatable bonds is 1. The van der Waals surface area contributed by atoms with Crippen molar-refractivity contribution in [3.05, 3.63) is 0 Å². The van der Waals surface area contributed by atoms with Crippen LogP contribution in [0.3, 0.4) is 0 Å². The van der Waals surface area contributed by atoms with Gasteiger partial charge in [0.15, 0.2) is 0 Å². The summed E-state index contributed by atoms with van der Waals surface area (Å²) in [7, 11) is -4.00. The summed E-state index contributed by atoms with van der Waals surface area (Å²) in [6.45, 7) is -0.919. The monoisotopic (exact) mass is 184 g/mol. The molecule has 2 N–H and O–H groups in total. The molecule has 0 bridgehead atoms. The van der Waals surface area contributed by atoms with Crippen LogP contribution in [0.2, 0.25) is 0 Å². The molecule has 1 heterocycles. The Morgan fingerprint density at radius 2 is 2.18 bits per heavy atom. The van der Waals surface area contributed by atoms with Gasteiger partial charge in [-0.15, -0.1) is 0 Å². The van der Waals surface area contributed by atoms with Crippen LogP contribution in [0.15, 0.2) is 0 Å². The van der Waals surface area contributed by atoms with E-state index < -0.39 is 29.2 Å². The Balaban J connectivity index is 2.66. The van der Waals surface area contributed by atoms with Crippen molar-refractivity contribution in [2.45, 2.75) is 12.2 Å². The quantitative estimate of drug-likeness (QED) is 0.489. The highest BCUT2D eigenvalue weighted by Gasteiger charge is 2.33. The second-order valence-electron chi connectivity index (χ2n) is 2.08. The third-order valence-electron chi connectivity index (χ3n) is 1.23. The van der Waals surface area contributed by atoms with Crippen LogP contribution in [0.4, 0.5) is 0 Å².